The molecule has 0 saturated carbocycles. The van der Waals surface area contributed by atoms with Gasteiger partial charge >= 0.3 is 0 Å². The van der Waals surface area contributed by atoms with Crippen LogP contribution in [0.15, 0.2) is 24.5 Å². The van der Waals surface area contributed by atoms with Crippen molar-refractivity contribution in [2.24, 2.45) is 0 Å². The van der Waals surface area contributed by atoms with E-state index in [1.807, 2.05) is 32.9 Å². The van der Waals surface area contributed by atoms with Gasteiger partial charge in [0.15, 0.2) is 0 Å². The predicted molar refractivity (Wildman–Crippen MR) is 76.9 cm³/mol. The van der Waals surface area contributed by atoms with E-state index in [1.165, 1.54) is 11.9 Å². The number of aryl methyl sites for hydroxylation is 1. The van der Waals surface area contributed by atoms with Gasteiger partial charge in [-0.05, 0) is 44.9 Å². The summed E-state index contributed by atoms with van der Waals surface area (Å²) in [6.07, 6.45) is 1.52. The number of ether oxygens (including phenoxy) is 1. The Kier molecular flexibility index (Phi) is 4.00. The third-order valence-corrected chi connectivity index (χ3v) is 3.14. The summed E-state index contributed by atoms with van der Waals surface area (Å²) in [7, 11) is 0. The van der Waals surface area contributed by atoms with Gasteiger partial charge in [0.05, 0.1) is 5.56 Å². The molecule has 0 saturated heterocycles. The Morgan fingerprint density at radius 1 is 1.11 bits per heavy atom. The number of hydrogen-bond donors (Lipinski definition) is 1. The predicted octanol–water partition coefficient (Wildman–Crippen LogP) is 3.63. The molecule has 1 N–H and O–H groups in total. The van der Waals surface area contributed by atoms with Crippen LogP contribution in [0.3, 0.4) is 0 Å². The third-order valence-electron chi connectivity index (χ3n) is 3.14. The molecule has 0 fully saturated rings. The first kappa shape index (κ1) is 13.3. The molecule has 0 aliphatic carbocycles. The molecular weight excluding hydrogens is 238 g/mol. The van der Waals surface area contributed by atoms with Crippen molar-refractivity contribution in [3.8, 4) is 11.6 Å². The number of nitrogens with zero attached hydrogens (tertiary/aromatic N) is 2. The molecule has 0 bridgehead atoms. The van der Waals surface area contributed by atoms with E-state index in [2.05, 4.69) is 28.3 Å². The van der Waals surface area contributed by atoms with E-state index in [0.29, 0.717) is 5.88 Å². The van der Waals surface area contributed by atoms with Crippen LogP contribution < -0.4 is 10.1 Å². The molecule has 0 unspecified atom stereocenters. The Morgan fingerprint density at radius 3 is 2.63 bits per heavy atom. The highest BCUT2D eigenvalue weighted by molar-refractivity contribution is 5.49. The van der Waals surface area contributed by atoms with Gasteiger partial charge in [0.2, 0.25) is 5.88 Å². The summed E-state index contributed by atoms with van der Waals surface area (Å²) in [5.74, 6) is 2.25. The summed E-state index contributed by atoms with van der Waals surface area (Å²) in [4.78, 5) is 8.42. The second-order valence-electron chi connectivity index (χ2n) is 4.48. The largest absolute Gasteiger partial charge is 0.438 e. The summed E-state index contributed by atoms with van der Waals surface area (Å²) in [5, 5.41) is 3.20. The Labute approximate surface area is 113 Å². The van der Waals surface area contributed by atoms with Gasteiger partial charge in [-0.2, -0.15) is 0 Å². The molecule has 0 radical (unpaired) electrons. The fourth-order valence-electron chi connectivity index (χ4n) is 1.82. The average molecular weight is 257 g/mol. The minimum atomic E-state index is 0.597. The van der Waals surface area contributed by atoms with Crippen molar-refractivity contribution in [1.82, 2.24) is 9.97 Å². The second kappa shape index (κ2) is 5.69. The van der Waals surface area contributed by atoms with Crippen LogP contribution in [0.4, 0.5) is 5.82 Å². The molecule has 1 aromatic heterocycles. The molecule has 4 nitrogen and oxygen atoms in total. The van der Waals surface area contributed by atoms with Gasteiger partial charge in [-0.3, -0.25) is 0 Å². The van der Waals surface area contributed by atoms with Crippen LogP contribution in [0.25, 0.3) is 0 Å². The lowest BCUT2D eigenvalue weighted by molar-refractivity contribution is 0.454. The maximum absolute atomic E-state index is 5.92. The monoisotopic (exact) mass is 257 g/mol. The van der Waals surface area contributed by atoms with Crippen LogP contribution in [-0.4, -0.2) is 16.5 Å². The standard InChI is InChI=1S/C15H19N3O/c1-5-16-14-12(4)15(18-9-17-14)19-13-8-6-7-10(2)11(13)3/h6-9H,5H2,1-4H3,(H,16,17,18). The van der Waals surface area contributed by atoms with Crippen molar-refractivity contribution in [3.63, 3.8) is 0 Å². The minimum absolute atomic E-state index is 0.597. The number of hydrogen-bond acceptors (Lipinski definition) is 4. The molecule has 2 rings (SSSR count). The van der Waals surface area contributed by atoms with Crippen LogP contribution in [0, 0.1) is 20.8 Å². The second-order valence-corrected chi connectivity index (χ2v) is 4.48. The summed E-state index contributed by atoms with van der Waals surface area (Å²) in [5.41, 5.74) is 3.26. The van der Waals surface area contributed by atoms with Crippen molar-refractivity contribution >= 4 is 5.82 Å². The number of anilines is 1. The Morgan fingerprint density at radius 2 is 1.89 bits per heavy atom. The fraction of sp³-hybridized carbons (Fsp3) is 0.333. The van der Waals surface area contributed by atoms with Crippen molar-refractivity contribution in [1.29, 1.82) is 0 Å². The SMILES string of the molecule is CCNc1ncnc(Oc2cccc(C)c2C)c1C. The van der Waals surface area contributed by atoms with Crippen LogP contribution in [0.5, 0.6) is 11.6 Å². The highest BCUT2D eigenvalue weighted by atomic mass is 16.5. The maximum Gasteiger partial charge on any atom is 0.227 e. The van der Waals surface area contributed by atoms with Crippen LogP contribution >= 0.6 is 0 Å². The maximum atomic E-state index is 5.92. The zero-order valence-electron chi connectivity index (χ0n) is 11.8. The highest BCUT2D eigenvalue weighted by Crippen LogP contribution is 2.29. The van der Waals surface area contributed by atoms with Gasteiger partial charge < -0.3 is 10.1 Å². The Balaban J connectivity index is 2.33. The smallest absolute Gasteiger partial charge is 0.227 e. The molecule has 100 valence electrons. The lowest BCUT2D eigenvalue weighted by Gasteiger charge is -2.13. The summed E-state index contributed by atoms with van der Waals surface area (Å²) < 4.78 is 5.92. The Hall–Kier alpha value is -2.10. The molecule has 4 heteroatoms. The average Bonchev–Trinajstić information content (AvgIpc) is 2.40. The van der Waals surface area contributed by atoms with Crippen LogP contribution in [0.2, 0.25) is 0 Å². The first-order chi connectivity index (χ1) is 9.13. The number of benzene rings is 1. The molecule has 0 aliphatic heterocycles. The van der Waals surface area contributed by atoms with E-state index >= 15 is 0 Å². The first-order valence-corrected chi connectivity index (χ1v) is 6.43. The molecule has 0 atom stereocenters. The van der Waals surface area contributed by atoms with E-state index in [9.17, 15) is 0 Å². The van der Waals surface area contributed by atoms with Gasteiger partial charge in [0.1, 0.15) is 17.9 Å². The van der Waals surface area contributed by atoms with Crippen molar-refractivity contribution < 1.29 is 4.74 Å². The minimum Gasteiger partial charge on any atom is -0.438 e. The summed E-state index contributed by atoms with van der Waals surface area (Å²) >= 11 is 0. The molecule has 0 aliphatic rings. The highest BCUT2D eigenvalue weighted by Gasteiger charge is 2.10. The van der Waals surface area contributed by atoms with Gasteiger partial charge in [-0.25, -0.2) is 9.97 Å². The molecule has 0 spiro atoms. The van der Waals surface area contributed by atoms with Gasteiger partial charge in [-0.15, -0.1) is 0 Å². The quantitative estimate of drug-likeness (QED) is 0.908. The zero-order chi connectivity index (χ0) is 13.8. The van der Waals surface area contributed by atoms with Crippen LogP contribution in [-0.2, 0) is 0 Å². The molecule has 1 aromatic carbocycles. The van der Waals surface area contributed by atoms with Gasteiger partial charge in [-0.1, -0.05) is 12.1 Å². The molecular formula is C15H19N3O. The molecule has 2 aromatic rings. The van der Waals surface area contributed by atoms with E-state index < -0.39 is 0 Å². The van der Waals surface area contributed by atoms with Crippen LogP contribution in [0.1, 0.15) is 23.6 Å². The normalized spacial score (nSPS) is 10.3. The van der Waals surface area contributed by atoms with Crippen molar-refractivity contribution in [3.05, 3.63) is 41.2 Å². The molecule has 19 heavy (non-hydrogen) atoms. The number of rotatable bonds is 4. The van der Waals surface area contributed by atoms with Crippen molar-refractivity contribution in [2.75, 3.05) is 11.9 Å². The zero-order valence-corrected chi connectivity index (χ0v) is 11.8. The van der Waals surface area contributed by atoms with Gasteiger partial charge in [0, 0.05) is 6.54 Å². The lowest BCUT2D eigenvalue weighted by Crippen LogP contribution is -2.04. The van der Waals surface area contributed by atoms with Crippen molar-refractivity contribution in [2.45, 2.75) is 27.7 Å². The summed E-state index contributed by atoms with van der Waals surface area (Å²) in [6, 6.07) is 6.01. The van der Waals surface area contributed by atoms with E-state index in [4.69, 9.17) is 4.74 Å². The lowest BCUT2D eigenvalue weighted by atomic mass is 10.1. The molecule has 0 amide bonds. The van der Waals surface area contributed by atoms with Gasteiger partial charge in [0.25, 0.3) is 0 Å². The van der Waals surface area contributed by atoms with E-state index in [-0.39, 0.29) is 0 Å². The third kappa shape index (κ3) is 2.84. The summed E-state index contributed by atoms with van der Waals surface area (Å²) in [6.45, 7) is 8.93. The van der Waals surface area contributed by atoms with E-state index in [1.54, 1.807) is 0 Å². The molecule has 1 heterocycles. The topological polar surface area (TPSA) is 47.0 Å². The number of nitrogens with one attached hydrogen (secondary N) is 1. The Bertz CT molecular complexity index is 582. The number of aromatic nitrogens is 2. The fourth-order valence-corrected chi connectivity index (χ4v) is 1.82. The van der Waals surface area contributed by atoms with E-state index in [0.717, 1.165) is 29.2 Å². The first-order valence-electron chi connectivity index (χ1n) is 6.43.